The van der Waals surface area contributed by atoms with Gasteiger partial charge in [0.15, 0.2) is 0 Å². The van der Waals surface area contributed by atoms with Crippen LogP contribution in [-0.2, 0) is 16.0 Å². The van der Waals surface area contributed by atoms with Crippen molar-refractivity contribution >= 4 is 10.9 Å². The monoisotopic (exact) mass is 564 g/mol. The molecule has 0 unspecified atom stereocenters. The molecule has 0 radical (unpaired) electrons. The maximum absolute atomic E-state index is 12.7. The number of ether oxygens (including phenoxy) is 5. The van der Waals surface area contributed by atoms with E-state index < -0.39 is 6.36 Å². The van der Waals surface area contributed by atoms with E-state index in [2.05, 4.69) is 25.4 Å². The van der Waals surface area contributed by atoms with Crippen molar-refractivity contribution < 1.29 is 41.4 Å². The number of H-pyrrole nitrogens is 1. The number of rotatable bonds is 17. The van der Waals surface area contributed by atoms with Crippen molar-refractivity contribution in [1.29, 1.82) is 0 Å². The molecule has 4 aromatic rings. The van der Waals surface area contributed by atoms with Gasteiger partial charge in [0.25, 0.3) is 0 Å². The number of nitrogens with one attached hydrogen (secondary N) is 2. The van der Waals surface area contributed by atoms with Crippen molar-refractivity contribution in [1.82, 2.24) is 20.7 Å². The van der Waals surface area contributed by atoms with Crippen molar-refractivity contribution in [3.05, 3.63) is 54.6 Å². The Balaban J connectivity index is 1.14. The molecule has 0 amide bonds. The summed E-state index contributed by atoms with van der Waals surface area (Å²) in [7, 11) is 1.51. The second kappa shape index (κ2) is 14.5. The maximum Gasteiger partial charge on any atom is 0.573 e. The van der Waals surface area contributed by atoms with Gasteiger partial charge in [-0.1, -0.05) is 5.16 Å². The van der Waals surface area contributed by atoms with Gasteiger partial charge in [0, 0.05) is 31.9 Å². The summed E-state index contributed by atoms with van der Waals surface area (Å²) in [5.41, 5.74) is 3.19. The van der Waals surface area contributed by atoms with Gasteiger partial charge in [0.1, 0.15) is 36.7 Å². The summed E-state index contributed by atoms with van der Waals surface area (Å²) in [5.74, 6) is 0.644. The third-order valence-corrected chi connectivity index (χ3v) is 5.72. The molecular weight excluding hydrogens is 533 g/mol. The van der Waals surface area contributed by atoms with E-state index in [-0.39, 0.29) is 18.1 Å². The molecule has 2 aromatic carbocycles. The van der Waals surface area contributed by atoms with Crippen LogP contribution >= 0.6 is 0 Å². The van der Waals surface area contributed by atoms with Crippen LogP contribution in [0.5, 0.6) is 17.2 Å². The summed E-state index contributed by atoms with van der Waals surface area (Å²) >= 11 is 0. The molecule has 2 aromatic heterocycles. The number of nitrogens with zero attached hydrogens (tertiary/aromatic N) is 2. The molecule has 0 aliphatic carbocycles. The summed E-state index contributed by atoms with van der Waals surface area (Å²) in [4.78, 5) is 0. The third-order valence-electron chi connectivity index (χ3n) is 5.72. The van der Waals surface area contributed by atoms with Crippen LogP contribution in [0, 0.1) is 0 Å². The zero-order chi connectivity index (χ0) is 28.2. The maximum atomic E-state index is 12.7. The highest BCUT2D eigenvalue weighted by atomic mass is 19.4. The standard InChI is InChI=1S/C27H31F3N4O6/c1-35-6-8-37-22-10-19(11-23(14-22)40-27(28,29)30)15-31-4-2-3-5-36-7-9-38-26-13-20(21-16-33-39-18-21)12-25-24(26)17-32-34-25/h10-14,16-18,31H,2-9,15H2,1H3,(H,32,34). The number of unbranched alkanes of at least 4 members (excludes halogenated alkanes) is 1. The number of hydrogen-bond acceptors (Lipinski definition) is 9. The van der Waals surface area contributed by atoms with Gasteiger partial charge in [0.05, 0.1) is 36.5 Å². The quantitative estimate of drug-likeness (QED) is 0.169. The van der Waals surface area contributed by atoms with Gasteiger partial charge >= 0.3 is 6.36 Å². The molecule has 0 aliphatic heterocycles. The predicted octanol–water partition coefficient (Wildman–Crippen LogP) is 5.11. The van der Waals surface area contributed by atoms with E-state index in [0.29, 0.717) is 50.8 Å². The smallest absolute Gasteiger partial charge is 0.491 e. The molecule has 0 atom stereocenters. The molecule has 0 bridgehead atoms. The average Bonchev–Trinajstić information content (AvgIpc) is 3.61. The lowest BCUT2D eigenvalue weighted by atomic mass is 10.1. The Labute approximate surface area is 228 Å². The van der Waals surface area contributed by atoms with Crippen molar-refractivity contribution in [3.63, 3.8) is 0 Å². The van der Waals surface area contributed by atoms with Crippen molar-refractivity contribution in [2.75, 3.05) is 46.7 Å². The Morgan fingerprint density at radius 1 is 0.900 bits per heavy atom. The van der Waals surface area contributed by atoms with Gasteiger partial charge in [-0.2, -0.15) is 5.10 Å². The molecule has 40 heavy (non-hydrogen) atoms. The minimum absolute atomic E-state index is 0.215. The number of halogens is 3. The minimum Gasteiger partial charge on any atom is -0.491 e. The highest BCUT2D eigenvalue weighted by Gasteiger charge is 2.31. The number of benzene rings is 2. The topological polar surface area (TPSA) is 113 Å². The van der Waals surface area contributed by atoms with E-state index in [4.69, 9.17) is 23.5 Å². The van der Waals surface area contributed by atoms with Crippen molar-refractivity contribution in [2.24, 2.45) is 0 Å². The van der Waals surface area contributed by atoms with E-state index >= 15 is 0 Å². The molecule has 2 N–H and O–H groups in total. The van der Waals surface area contributed by atoms with Gasteiger partial charge in [-0.25, -0.2) is 0 Å². The Hall–Kier alpha value is -3.81. The van der Waals surface area contributed by atoms with Crippen LogP contribution in [-0.4, -0.2) is 68.4 Å². The first-order chi connectivity index (χ1) is 19.4. The van der Waals surface area contributed by atoms with E-state index in [0.717, 1.165) is 34.9 Å². The lowest BCUT2D eigenvalue weighted by molar-refractivity contribution is -0.274. The molecular formula is C27H31F3N4O6. The summed E-state index contributed by atoms with van der Waals surface area (Å²) in [5, 5.41) is 14.9. The molecule has 2 heterocycles. The first kappa shape index (κ1) is 29.2. The normalized spacial score (nSPS) is 11.7. The summed E-state index contributed by atoms with van der Waals surface area (Å²) in [6.45, 7) is 2.90. The van der Waals surface area contributed by atoms with Gasteiger partial charge in [-0.15, -0.1) is 13.2 Å². The van der Waals surface area contributed by atoms with Crippen LogP contribution in [0.2, 0.25) is 0 Å². The van der Waals surface area contributed by atoms with Crippen molar-refractivity contribution in [2.45, 2.75) is 25.7 Å². The Bertz CT molecular complexity index is 1310. The summed E-state index contributed by atoms with van der Waals surface area (Å²) < 4.78 is 69.1. The van der Waals surface area contributed by atoms with Crippen molar-refractivity contribution in [3.8, 4) is 28.4 Å². The Morgan fingerprint density at radius 3 is 2.55 bits per heavy atom. The second-order valence-corrected chi connectivity index (χ2v) is 8.77. The summed E-state index contributed by atoms with van der Waals surface area (Å²) in [6, 6.07) is 8.09. The highest BCUT2D eigenvalue weighted by Crippen LogP contribution is 2.31. The van der Waals surface area contributed by atoms with Crippen LogP contribution in [0.3, 0.4) is 0 Å². The molecule has 216 valence electrons. The minimum atomic E-state index is -4.78. The largest absolute Gasteiger partial charge is 0.573 e. The zero-order valence-electron chi connectivity index (χ0n) is 22.0. The number of hydrogen-bond donors (Lipinski definition) is 2. The van der Waals surface area contributed by atoms with E-state index in [9.17, 15) is 13.2 Å². The Kier molecular flexibility index (Phi) is 10.6. The summed E-state index contributed by atoms with van der Waals surface area (Å²) in [6.07, 6.45) is 1.76. The first-order valence-electron chi connectivity index (χ1n) is 12.7. The SMILES string of the molecule is COCCOc1cc(CNCCCCOCCOc2cc(-c3cnoc3)cc3[nH]ncc23)cc(OC(F)(F)F)c1. The fraction of sp³-hybridized carbons (Fsp3) is 0.407. The molecule has 4 rings (SSSR count). The number of fused-ring (bicyclic) bond motifs is 1. The van der Waals surface area contributed by atoms with Gasteiger partial charge in [-0.3, -0.25) is 5.10 Å². The number of alkyl halides is 3. The van der Waals surface area contributed by atoms with Gasteiger partial charge in [-0.05, 0) is 54.8 Å². The highest BCUT2D eigenvalue weighted by molar-refractivity contribution is 5.89. The number of aromatic amines is 1. The molecule has 10 nitrogen and oxygen atoms in total. The molecule has 0 saturated heterocycles. The van der Waals surface area contributed by atoms with E-state index in [1.54, 1.807) is 24.7 Å². The molecule has 0 saturated carbocycles. The fourth-order valence-corrected chi connectivity index (χ4v) is 3.90. The first-order valence-corrected chi connectivity index (χ1v) is 12.7. The molecule has 0 spiro atoms. The van der Waals surface area contributed by atoms with Crippen LogP contribution in [0.15, 0.2) is 53.5 Å². The predicted molar refractivity (Wildman–Crippen MR) is 139 cm³/mol. The number of methoxy groups -OCH3 is 1. The zero-order valence-corrected chi connectivity index (χ0v) is 22.0. The fourth-order valence-electron chi connectivity index (χ4n) is 3.90. The average molecular weight is 565 g/mol. The lowest BCUT2D eigenvalue weighted by Gasteiger charge is -2.14. The van der Waals surface area contributed by atoms with E-state index in [1.807, 2.05) is 12.1 Å². The van der Waals surface area contributed by atoms with Crippen LogP contribution in [0.1, 0.15) is 18.4 Å². The molecule has 13 heteroatoms. The van der Waals surface area contributed by atoms with Gasteiger partial charge in [0.2, 0.25) is 0 Å². The lowest BCUT2D eigenvalue weighted by Crippen LogP contribution is -2.18. The van der Waals surface area contributed by atoms with Crippen LogP contribution < -0.4 is 19.5 Å². The second-order valence-electron chi connectivity index (χ2n) is 8.77. The van der Waals surface area contributed by atoms with E-state index in [1.165, 1.54) is 19.2 Å². The Morgan fingerprint density at radius 2 is 1.75 bits per heavy atom. The number of aromatic nitrogens is 3. The molecule has 0 fully saturated rings. The third kappa shape index (κ3) is 9.14. The molecule has 0 aliphatic rings. The van der Waals surface area contributed by atoms with Gasteiger partial charge < -0.3 is 33.5 Å². The van der Waals surface area contributed by atoms with Crippen LogP contribution in [0.25, 0.3) is 22.0 Å². The van der Waals surface area contributed by atoms with Crippen LogP contribution in [0.4, 0.5) is 13.2 Å².